The molecule has 1 saturated heterocycles. The third-order valence-electron chi connectivity index (χ3n) is 3.77. The van der Waals surface area contributed by atoms with Crippen molar-refractivity contribution in [1.29, 1.82) is 0 Å². The summed E-state index contributed by atoms with van der Waals surface area (Å²) < 4.78 is 5.12. The van der Waals surface area contributed by atoms with Gasteiger partial charge in [0, 0.05) is 23.4 Å². The summed E-state index contributed by atoms with van der Waals surface area (Å²) >= 11 is 1.60. The summed E-state index contributed by atoms with van der Waals surface area (Å²) in [6, 6.07) is 0.621. The van der Waals surface area contributed by atoms with Crippen molar-refractivity contribution >= 4 is 17.7 Å². The van der Waals surface area contributed by atoms with Crippen molar-refractivity contribution < 1.29 is 9.32 Å². The maximum atomic E-state index is 12.0. The fourth-order valence-corrected chi connectivity index (χ4v) is 3.43. The van der Waals surface area contributed by atoms with Crippen LogP contribution in [0.1, 0.15) is 36.8 Å². The van der Waals surface area contributed by atoms with Gasteiger partial charge in [-0.3, -0.25) is 4.79 Å². The lowest BCUT2D eigenvalue weighted by atomic mass is 10.00. The van der Waals surface area contributed by atoms with Crippen LogP contribution in [0.15, 0.2) is 4.52 Å². The van der Waals surface area contributed by atoms with E-state index in [1.807, 2.05) is 13.8 Å². The molecule has 0 saturated carbocycles. The van der Waals surface area contributed by atoms with Crippen molar-refractivity contribution in [1.82, 2.24) is 15.8 Å². The molecule has 2 atom stereocenters. The standard InChI is InChI=1S/C14H23N3O2S/c1-9-12(11(3)19-17-9)7-20-8-14(18)16-13-5-4-6-15-10(13)2/h10,13,15H,4-8H2,1-3H3,(H,16,18). The number of nitrogens with one attached hydrogen (secondary N) is 2. The van der Waals surface area contributed by atoms with Crippen molar-refractivity contribution in [2.45, 2.75) is 51.4 Å². The molecular weight excluding hydrogens is 274 g/mol. The Morgan fingerprint density at radius 3 is 3.00 bits per heavy atom. The maximum absolute atomic E-state index is 12.0. The number of piperidine rings is 1. The maximum Gasteiger partial charge on any atom is 0.230 e. The number of rotatable bonds is 5. The molecular formula is C14H23N3O2S. The number of thioether (sulfide) groups is 1. The highest BCUT2D eigenvalue weighted by atomic mass is 32.2. The third-order valence-corrected chi connectivity index (χ3v) is 4.73. The molecule has 2 rings (SSSR count). The molecule has 112 valence electrons. The molecule has 0 spiro atoms. The highest BCUT2D eigenvalue weighted by molar-refractivity contribution is 7.99. The van der Waals surface area contributed by atoms with Crippen LogP contribution < -0.4 is 10.6 Å². The summed E-state index contributed by atoms with van der Waals surface area (Å²) in [6.07, 6.45) is 2.19. The average molecular weight is 297 g/mol. The highest BCUT2D eigenvalue weighted by Crippen LogP contribution is 2.19. The molecule has 1 fully saturated rings. The normalized spacial score (nSPS) is 22.8. The zero-order valence-electron chi connectivity index (χ0n) is 12.4. The van der Waals surface area contributed by atoms with Crippen molar-refractivity contribution in [2.75, 3.05) is 12.3 Å². The molecule has 20 heavy (non-hydrogen) atoms. The largest absolute Gasteiger partial charge is 0.361 e. The number of hydrogen-bond acceptors (Lipinski definition) is 5. The van der Waals surface area contributed by atoms with Gasteiger partial charge in [-0.25, -0.2) is 0 Å². The first-order chi connectivity index (χ1) is 9.58. The van der Waals surface area contributed by atoms with Gasteiger partial charge in [0.05, 0.1) is 11.4 Å². The Bertz CT molecular complexity index is 442. The fourth-order valence-electron chi connectivity index (χ4n) is 2.44. The van der Waals surface area contributed by atoms with Gasteiger partial charge in [-0.05, 0) is 40.2 Å². The molecule has 1 amide bonds. The molecule has 0 aromatic carbocycles. The van der Waals surface area contributed by atoms with E-state index in [4.69, 9.17) is 4.52 Å². The second-order valence-corrected chi connectivity index (χ2v) is 6.34. The SMILES string of the molecule is Cc1noc(C)c1CSCC(=O)NC1CCCNC1C. The molecule has 5 nitrogen and oxygen atoms in total. The van der Waals surface area contributed by atoms with E-state index >= 15 is 0 Å². The van der Waals surface area contributed by atoms with Crippen LogP contribution in [0, 0.1) is 13.8 Å². The minimum absolute atomic E-state index is 0.113. The molecule has 1 aromatic rings. The third kappa shape index (κ3) is 3.99. The number of aryl methyl sites for hydroxylation is 2. The quantitative estimate of drug-likeness (QED) is 0.867. The second-order valence-electron chi connectivity index (χ2n) is 5.35. The van der Waals surface area contributed by atoms with Crippen LogP contribution in [0.4, 0.5) is 0 Å². The van der Waals surface area contributed by atoms with Gasteiger partial charge in [0.2, 0.25) is 5.91 Å². The van der Waals surface area contributed by atoms with E-state index in [9.17, 15) is 4.79 Å². The Morgan fingerprint density at radius 2 is 2.35 bits per heavy atom. The Hall–Kier alpha value is -1.01. The van der Waals surface area contributed by atoms with Crippen LogP contribution >= 0.6 is 11.8 Å². The number of amides is 1. The van der Waals surface area contributed by atoms with E-state index < -0.39 is 0 Å². The van der Waals surface area contributed by atoms with E-state index in [0.717, 1.165) is 42.2 Å². The summed E-state index contributed by atoms with van der Waals surface area (Å²) in [4.78, 5) is 12.0. The van der Waals surface area contributed by atoms with Crippen LogP contribution in [-0.4, -0.2) is 35.4 Å². The lowest BCUT2D eigenvalue weighted by Crippen LogP contribution is -2.52. The number of carbonyl (C=O) groups excluding carboxylic acids is 1. The zero-order chi connectivity index (χ0) is 14.5. The summed E-state index contributed by atoms with van der Waals surface area (Å²) in [5, 5.41) is 10.4. The Kier molecular flexibility index (Phi) is 5.48. The average Bonchev–Trinajstić information content (AvgIpc) is 2.73. The fraction of sp³-hybridized carbons (Fsp3) is 0.714. The van der Waals surface area contributed by atoms with Gasteiger partial charge in [-0.2, -0.15) is 0 Å². The van der Waals surface area contributed by atoms with Crippen LogP contribution in [0.3, 0.4) is 0 Å². The molecule has 2 unspecified atom stereocenters. The predicted octanol–water partition coefficient (Wildman–Crippen LogP) is 1.78. The molecule has 0 aliphatic carbocycles. The van der Waals surface area contributed by atoms with Gasteiger partial charge in [0.1, 0.15) is 5.76 Å². The summed E-state index contributed by atoms with van der Waals surface area (Å²) in [6.45, 7) is 7.02. The Labute approximate surface area is 124 Å². The molecule has 0 bridgehead atoms. The van der Waals surface area contributed by atoms with Gasteiger partial charge in [0.15, 0.2) is 0 Å². The lowest BCUT2D eigenvalue weighted by Gasteiger charge is -2.30. The first-order valence-electron chi connectivity index (χ1n) is 7.10. The molecule has 1 aromatic heterocycles. The monoisotopic (exact) mass is 297 g/mol. The number of aromatic nitrogens is 1. The number of carbonyl (C=O) groups is 1. The first kappa shape index (κ1) is 15.4. The molecule has 1 aliphatic heterocycles. The smallest absolute Gasteiger partial charge is 0.230 e. The van der Waals surface area contributed by atoms with E-state index in [0.29, 0.717) is 11.8 Å². The Morgan fingerprint density at radius 1 is 1.55 bits per heavy atom. The van der Waals surface area contributed by atoms with E-state index in [-0.39, 0.29) is 11.9 Å². The van der Waals surface area contributed by atoms with Crippen molar-refractivity contribution in [2.24, 2.45) is 0 Å². The summed E-state index contributed by atoms with van der Waals surface area (Å²) in [5.41, 5.74) is 2.02. The van der Waals surface area contributed by atoms with Crippen LogP contribution in [0.5, 0.6) is 0 Å². The number of nitrogens with zero attached hydrogens (tertiary/aromatic N) is 1. The zero-order valence-corrected chi connectivity index (χ0v) is 13.2. The minimum atomic E-state index is 0.113. The molecule has 2 N–H and O–H groups in total. The summed E-state index contributed by atoms with van der Waals surface area (Å²) in [7, 11) is 0. The van der Waals surface area contributed by atoms with Gasteiger partial charge in [-0.15, -0.1) is 11.8 Å². The van der Waals surface area contributed by atoms with E-state index in [1.165, 1.54) is 0 Å². The minimum Gasteiger partial charge on any atom is -0.361 e. The van der Waals surface area contributed by atoms with Gasteiger partial charge in [-0.1, -0.05) is 5.16 Å². The predicted molar refractivity (Wildman–Crippen MR) is 80.8 cm³/mol. The van der Waals surface area contributed by atoms with E-state index in [1.54, 1.807) is 11.8 Å². The van der Waals surface area contributed by atoms with Crippen molar-refractivity contribution in [3.63, 3.8) is 0 Å². The van der Waals surface area contributed by atoms with Gasteiger partial charge < -0.3 is 15.2 Å². The van der Waals surface area contributed by atoms with Gasteiger partial charge in [0.25, 0.3) is 0 Å². The van der Waals surface area contributed by atoms with Crippen molar-refractivity contribution in [3.8, 4) is 0 Å². The molecule has 0 radical (unpaired) electrons. The topological polar surface area (TPSA) is 67.2 Å². The summed E-state index contributed by atoms with van der Waals surface area (Å²) in [5.74, 6) is 2.21. The van der Waals surface area contributed by atoms with E-state index in [2.05, 4.69) is 22.7 Å². The van der Waals surface area contributed by atoms with Gasteiger partial charge >= 0.3 is 0 Å². The molecule has 6 heteroatoms. The number of hydrogen-bond donors (Lipinski definition) is 2. The first-order valence-corrected chi connectivity index (χ1v) is 8.25. The molecule has 2 heterocycles. The molecule has 1 aliphatic rings. The van der Waals surface area contributed by atoms with Crippen LogP contribution in [0.2, 0.25) is 0 Å². The highest BCUT2D eigenvalue weighted by Gasteiger charge is 2.22. The second kappa shape index (κ2) is 7.13. The lowest BCUT2D eigenvalue weighted by molar-refractivity contribution is -0.119. The Balaban J connectivity index is 1.72. The van der Waals surface area contributed by atoms with Crippen LogP contribution in [0.25, 0.3) is 0 Å². The van der Waals surface area contributed by atoms with Crippen molar-refractivity contribution in [3.05, 3.63) is 17.0 Å². The van der Waals surface area contributed by atoms with Crippen LogP contribution in [-0.2, 0) is 10.5 Å².